The fraction of sp³-hybridized carbons (Fsp3) is 0.364. The minimum atomic E-state index is 0.373. The first-order valence-corrected chi connectivity index (χ1v) is 5.62. The summed E-state index contributed by atoms with van der Waals surface area (Å²) in [7, 11) is 0. The minimum absolute atomic E-state index is 0.373. The van der Waals surface area contributed by atoms with Gasteiger partial charge in [-0.25, -0.2) is 0 Å². The smallest absolute Gasteiger partial charge is 0.141 e. The minimum Gasteiger partial charge on any atom is -0.360 e. The molecule has 0 radical (unpaired) electrons. The van der Waals surface area contributed by atoms with Crippen molar-refractivity contribution >= 4 is 11.6 Å². The Morgan fingerprint density at radius 1 is 1.44 bits per heavy atom. The van der Waals surface area contributed by atoms with Crippen molar-refractivity contribution in [3.8, 4) is 11.4 Å². The standard InChI is InChI=1S/C11H12ClN3O/c1-3-10-8(5-12)11(15-16-10)9-4-7(2)6-13-14-9/h4,6H,3,5H2,1-2H3. The van der Waals surface area contributed by atoms with E-state index in [2.05, 4.69) is 15.4 Å². The Balaban J connectivity index is 2.51. The Morgan fingerprint density at radius 3 is 2.88 bits per heavy atom. The fourth-order valence-electron chi connectivity index (χ4n) is 1.54. The summed E-state index contributed by atoms with van der Waals surface area (Å²) >= 11 is 5.90. The quantitative estimate of drug-likeness (QED) is 0.771. The van der Waals surface area contributed by atoms with Gasteiger partial charge in [0.1, 0.15) is 17.1 Å². The van der Waals surface area contributed by atoms with Gasteiger partial charge in [-0.3, -0.25) is 0 Å². The summed E-state index contributed by atoms with van der Waals surface area (Å²) in [5.41, 5.74) is 3.35. The zero-order valence-electron chi connectivity index (χ0n) is 9.20. The molecule has 2 aromatic rings. The molecular weight excluding hydrogens is 226 g/mol. The molecule has 0 amide bonds. The second kappa shape index (κ2) is 4.61. The molecule has 84 valence electrons. The molecule has 0 aliphatic rings. The normalized spacial score (nSPS) is 10.7. The Labute approximate surface area is 98.6 Å². The van der Waals surface area contributed by atoms with Gasteiger partial charge >= 0.3 is 0 Å². The van der Waals surface area contributed by atoms with Crippen LogP contribution >= 0.6 is 11.6 Å². The lowest BCUT2D eigenvalue weighted by atomic mass is 10.1. The van der Waals surface area contributed by atoms with Gasteiger partial charge in [0.05, 0.1) is 12.1 Å². The lowest BCUT2D eigenvalue weighted by Crippen LogP contribution is -1.92. The van der Waals surface area contributed by atoms with Crippen molar-refractivity contribution in [1.29, 1.82) is 0 Å². The van der Waals surface area contributed by atoms with Crippen molar-refractivity contribution in [3.05, 3.63) is 29.2 Å². The molecule has 2 rings (SSSR count). The molecule has 16 heavy (non-hydrogen) atoms. The molecule has 0 N–H and O–H groups in total. The average Bonchev–Trinajstić information content (AvgIpc) is 2.71. The number of hydrogen-bond acceptors (Lipinski definition) is 4. The molecule has 0 saturated carbocycles. The number of halogens is 1. The Hall–Kier alpha value is -1.42. The average molecular weight is 238 g/mol. The van der Waals surface area contributed by atoms with Crippen LogP contribution in [0.5, 0.6) is 0 Å². The van der Waals surface area contributed by atoms with E-state index in [1.54, 1.807) is 6.20 Å². The molecule has 0 aromatic carbocycles. The van der Waals surface area contributed by atoms with Gasteiger partial charge in [-0.1, -0.05) is 12.1 Å². The Morgan fingerprint density at radius 2 is 2.25 bits per heavy atom. The van der Waals surface area contributed by atoms with E-state index in [0.29, 0.717) is 17.3 Å². The van der Waals surface area contributed by atoms with E-state index in [9.17, 15) is 0 Å². The maximum Gasteiger partial charge on any atom is 0.141 e. The first-order chi connectivity index (χ1) is 7.76. The zero-order valence-corrected chi connectivity index (χ0v) is 9.95. The van der Waals surface area contributed by atoms with Gasteiger partial charge < -0.3 is 4.52 Å². The van der Waals surface area contributed by atoms with Crippen LogP contribution < -0.4 is 0 Å². The largest absolute Gasteiger partial charge is 0.360 e. The van der Waals surface area contributed by atoms with Crippen molar-refractivity contribution < 1.29 is 4.52 Å². The van der Waals surface area contributed by atoms with Crippen LogP contribution in [-0.2, 0) is 12.3 Å². The van der Waals surface area contributed by atoms with E-state index in [1.807, 2.05) is 19.9 Å². The third kappa shape index (κ3) is 1.93. The number of nitrogens with zero attached hydrogens (tertiary/aromatic N) is 3. The van der Waals surface area contributed by atoms with Crippen LogP contribution in [0.3, 0.4) is 0 Å². The second-order valence-corrected chi connectivity index (χ2v) is 3.81. The summed E-state index contributed by atoms with van der Waals surface area (Å²) in [6.45, 7) is 3.96. The first kappa shape index (κ1) is 11.1. The predicted molar refractivity (Wildman–Crippen MR) is 61.2 cm³/mol. The van der Waals surface area contributed by atoms with E-state index < -0.39 is 0 Å². The highest BCUT2D eigenvalue weighted by atomic mass is 35.5. The van der Waals surface area contributed by atoms with Crippen LogP contribution in [0.1, 0.15) is 23.8 Å². The molecule has 0 aliphatic heterocycles. The molecule has 0 bridgehead atoms. The molecule has 0 fully saturated rings. The molecule has 2 aromatic heterocycles. The molecule has 0 unspecified atom stereocenters. The van der Waals surface area contributed by atoms with Gasteiger partial charge in [0, 0.05) is 12.0 Å². The van der Waals surface area contributed by atoms with Crippen molar-refractivity contribution in [1.82, 2.24) is 15.4 Å². The van der Waals surface area contributed by atoms with Crippen molar-refractivity contribution in [2.24, 2.45) is 0 Å². The number of alkyl halides is 1. The van der Waals surface area contributed by atoms with Crippen LogP contribution in [0.2, 0.25) is 0 Å². The topological polar surface area (TPSA) is 51.8 Å². The van der Waals surface area contributed by atoms with E-state index >= 15 is 0 Å². The summed E-state index contributed by atoms with van der Waals surface area (Å²) in [5, 5.41) is 11.9. The number of aryl methyl sites for hydroxylation is 2. The van der Waals surface area contributed by atoms with E-state index in [-0.39, 0.29) is 0 Å². The lowest BCUT2D eigenvalue weighted by Gasteiger charge is -1.98. The highest BCUT2D eigenvalue weighted by molar-refractivity contribution is 6.17. The van der Waals surface area contributed by atoms with Crippen molar-refractivity contribution in [2.75, 3.05) is 0 Å². The molecule has 2 heterocycles. The third-order valence-electron chi connectivity index (χ3n) is 2.36. The van der Waals surface area contributed by atoms with Crippen LogP contribution in [0, 0.1) is 6.92 Å². The Bertz CT molecular complexity index is 496. The predicted octanol–water partition coefficient (Wildman–Crippen LogP) is 2.74. The van der Waals surface area contributed by atoms with Crippen LogP contribution in [0.25, 0.3) is 11.4 Å². The van der Waals surface area contributed by atoms with Gasteiger partial charge in [-0.15, -0.1) is 16.7 Å². The maximum atomic E-state index is 5.90. The summed E-state index contributed by atoms with van der Waals surface area (Å²) in [6, 6.07) is 1.92. The van der Waals surface area contributed by atoms with Gasteiger partial charge in [0.2, 0.25) is 0 Å². The summed E-state index contributed by atoms with van der Waals surface area (Å²) in [4.78, 5) is 0. The first-order valence-electron chi connectivity index (χ1n) is 5.09. The molecule has 0 saturated heterocycles. The molecule has 0 spiro atoms. The third-order valence-corrected chi connectivity index (χ3v) is 2.63. The molecule has 0 aliphatic carbocycles. The van der Waals surface area contributed by atoms with Crippen LogP contribution in [0.4, 0.5) is 0 Å². The summed E-state index contributed by atoms with van der Waals surface area (Å²) in [6.07, 6.45) is 2.47. The Kier molecular flexibility index (Phi) is 3.19. The van der Waals surface area contributed by atoms with Gasteiger partial charge in [0.15, 0.2) is 0 Å². The van der Waals surface area contributed by atoms with Crippen molar-refractivity contribution in [2.45, 2.75) is 26.1 Å². The molecule has 5 heteroatoms. The van der Waals surface area contributed by atoms with Crippen molar-refractivity contribution in [3.63, 3.8) is 0 Å². The van der Waals surface area contributed by atoms with E-state index in [0.717, 1.165) is 23.3 Å². The van der Waals surface area contributed by atoms with Gasteiger partial charge in [-0.2, -0.15) is 5.10 Å². The number of rotatable bonds is 3. The molecule has 0 atom stereocenters. The molecular formula is C11H12ClN3O. The van der Waals surface area contributed by atoms with Gasteiger partial charge in [0.25, 0.3) is 0 Å². The summed E-state index contributed by atoms with van der Waals surface area (Å²) in [5.74, 6) is 1.19. The lowest BCUT2D eigenvalue weighted by molar-refractivity contribution is 0.387. The SMILES string of the molecule is CCc1onc(-c2cc(C)cnn2)c1CCl. The number of hydrogen-bond donors (Lipinski definition) is 0. The van der Waals surface area contributed by atoms with E-state index in [4.69, 9.17) is 16.1 Å². The monoisotopic (exact) mass is 237 g/mol. The van der Waals surface area contributed by atoms with Gasteiger partial charge in [-0.05, 0) is 18.6 Å². The van der Waals surface area contributed by atoms with Crippen LogP contribution in [0.15, 0.2) is 16.8 Å². The summed E-state index contributed by atoms with van der Waals surface area (Å²) < 4.78 is 5.23. The highest BCUT2D eigenvalue weighted by Crippen LogP contribution is 2.25. The van der Waals surface area contributed by atoms with E-state index in [1.165, 1.54) is 0 Å². The number of aromatic nitrogens is 3. The zero-order chi connectivity index (χ0) is 11.5. The fourth-order valence-corrected chi connectivity index (χ4v) is 1.82. The molecule has 4 nitrogen and oxygen atoms in total. The maximum absolute atomic E-state index is 5.90. The highest BCUT2D eigenvalue weighted by Gasteiger charge is 2.16. The second-order valence-electron chi connectivity index (χ2n) is 3.54. The van der Waals surface area contributed by atoms with Crippen LogP contribution in [-0.4, -0.2) is 15.4 Å².